The SMILES string of the molecule is NC(CC1CCCC1)C(c1ccccc1)c1ccccc1. The summed E-state index contributed by atoms with van der Waals surface area (Å²) in [6.45, 7) is 0. The maximum Gasteiger partial charge on any atom is 0.0241 e. The van der Waals surface area contributed by atoms with E-state index in [1.165, 1.54) is 36.8 Å². The van der Waals surface area contributed by atoms with Crippen molar-refractivity contribution in [3.05, 3.63) is 71.8 Å². The van der Waals surface area contributed by atoms with E-state index in [0.717, 1.165) is 12.3 Å². The summed E-state index contributed by atoms with van der Waals surface area (Å²) in [7, 11) is 0. The molecule has 0 aromatic heterocycles. The molecular weight excluding hydrogens is 254 g/mol. The van der Waals surface area contributed by atoms with E-state index in [1.807, 2.05) is 0 Å². The van der Waals surface area contributed by atoms with Crippen LogP contribution in [-0.4, -0.2) is 6.04 Å². The molecule has 1 aliphatic rings. The number of hydrogen-bond acceptors (Lipinski definition) is 1. The van der Waals surface area contributed by atoms with Crippen LogP contribution in [-0.2, 0) is 0 Å². The molecule has 0 spiro atoms. The molecule has 1 unspecified atom stereocenters. The first-order valence-corrected chi connectivity index (χ1v) is 8.20. The van der Waals surface area contributed by atoms with Crippen LogP contribution in [0.5, 0.6) is 0 Å². The first-order valence-electron chi connectivity index (χ1n) is 8.20. The third kappa shape index (κ3) is 3.54. The number of rotatable bonds is 5. The molecule has 1 aliphatic carbocycles. The van der Waals surface area contributed by atoms with Crippen molar-refractivity contribution in [3.8, 4) is 0 Å². The topological polar surface area (TPSA) is 26.0 Å². The maximum absolute atomic E-state index is 6.66. The molecule has 110 valence electrons. The fourth-order valence-electron chi connectivity index (χ4n) is 3.77. The fraction of sp³-hybridized carbons (Fsp3) is 0.400. The highest BCUT2D eigenvalue weighted by molar-refractivity contribution is 5.34. The van der Waals surface area contributed by atoms with Crippen LogP contribution in [0.1, 0.15) is 49.1 Å². The van der Waals surface area contributed by atoms with Gasteiger partial charge in [0.2, 0.25) is 0 Å². The molecule has 0 radical (unpaired) electrons. The molecule has 1 fully saturated rings. The van der Waals surface area contributed by atoms with Gasteiger partial charge in [0, 0.05) is 12.0 Å². The molecule has 1 saturated carbocycles. The molecule has 0 heterocycles. The van der Waals surface area contributed by atoms with Crippen LogP contribution in [0.3, 0.4) is 0 Å². The third-order valence-electron chi connectivity index (χ3n) is 4.83. The second-order valence-electron chi connectivity index (χ2n) is 6.35. The summed E-state index contributed by atoms with van der Waals surface area (Å²) < 4.78 is 0. The Bertz CT molecular complexity index is 489. The summed E-state index contributed by atoms with van der Waals surface area (Å²) in [6, 6.07) is 21.7. The Hall–Kier alpha value is -1.60. The molecule has 1 nitrogen and oxygen atoms in total. The van der Waals surface area contributed by atoms with Crippen LogP contribution in [0.15, 0.2) is 60.7 Å². The van der Waals surface area contributed by atoms with Crippen LogP contribution < -0.4 is 5.73 Å². The van der Waals surface area contributed by atoms with Gasteiger partial charge in [-0.3, -0.25) is 0 Å². The van der Waals surface area contributed by atoms with E-state index in [0.29, 0.717) is 5.92 Å². The van der Waals surface area contributed by atoms with Gasteiger partial charge in [-0.2, -0.15) is 0 Å². The fourth-order valence-corrected chi connectivity index (χ4v) is 3.77. The van der Waals surface area contributed by atoms with Crippen LogP contribution >= 0.6 is 0 Å². The molecule has 3 rings (SSSR count). The molecule has 2 aromatic carbocycles. The van der Waals surface area contributed by atoms with E-state index in [2.05, 4.69) is 60.7 Å². The predicted molar refractivity (Wildman–Crippen MR) is 89.3 cm³/mol. The first-order chi connectivity index (χ1) is 10.3. The molecule has 21 heavy (non-hydrogen) atoms. The summed E-state index contributed by atoms with van der Waals surface area (Å²) in [4.78, 5) is 0. The van der Waals surface area contributed by atoms with Gasteiger partial charge in [0.15, 0.2) is 0 Å². The Morgan fingerprint density at radius 3 is 1.76 bits per heavy atom. The van der Waals surface area contributed by atoms with Gasteiger partial charge in [0.1, 0.15) is 0 Å². The molecule has 0 saturated heterocycles. The van der Waals surface area contributed by atoms with Crippen molar-refractivity contribution in [2.75, 3.05) is 0 Å². The van der Waals surface area contributed by atoms with E-state index < -0.39 is 0 Å². The Kier molecular flexibility index (Phi) is 4.72. The minimum Gasteiger partial charge on any atom is -0.327 e. The Morgan fingerprint density at radius 2 is 1.29 bits per heavy atom. The minimum atomic E-state index is 0.206. The molecular formula is C20H25N. The Balaban J connectivity index is 1.85. The van der Waals surface area contributed by atoms with E-state index >= 15 is 0 Å². The van der Waals surface area contributed by atoms with Crippen molar-refractivity contribution in [1.82, 2.24) is 0 Å². The van der Waals surface area contributed by atoms with E-state index in [-0.39, 0.29) is 6.04 Å². The highest BCUT2D eigenvalue weighted by Crippen LogP contribution is 2.34. The predicted octanol–water partition coefficient (Wildman–Crippen LogP) is 4.73. The van der Waals surface area contributed by atoms with Crippen LogP contribution in [0.2, 0.25) is 0 Å². The smallest absolute Gasteiger partial charge is 0.0241 e. The zero-order valence-electron chi connectivity index (χ0n) is 12.6. The van der Waals surface area contributed by atoms with E-state index in [9.17, 15) is 0 Å². The number of benzene rings is 2. The lowest BCUT2D eigenvalue weighted by atomic mass is 9.81. The van der Waals surface area contributed by atoms with Crippen LogP contribution in [0.25, 0.3) is 0 Å². The average molecular weight is 279 g/mol. The second kappa shape index (κ2) is 6.91. The molecule has 0 amide bonds. The quantitative estimate of drug-likeness (QED) is 0.841. The molecule has 1 heteroatoms. The van der Waals surface area contributed by atoms with Crippen molar-refractivity contribution in [2.45, 2.75) is 44.1 Å². The largest absolute Gasteiger partial charge is 0.327 e. The molecule has 0 bridgehead atoms. The summed E-state index contributed by atoms with van der Waals surface area (Å²) in [5.74, 6) is 1.14. The summed E-state index contributed by atoms with van der Waals surface area (Å²) in [5, 5.41) is 0. The normalized spacial score (nSPS) is 17.2. The van der Waals surface area contributed by atoms with Gasteiger partial charge >= 0.3 is 0 Å². The average Bonchev–Trinajstić information content (AvgIpc) is 3.02. The summed E-state index contributed by atoms with van der Waals surface area (Å²) in [6.07, 6.45) is 6.65. The zero-order valence-corrected chi connectivity index (χ0v) is 12.6. The molecule has 0 aliphatic heterocycles. The third-order valence-corrected chi connectivity index (χ3v) is 4.83. The van der Waals surface area contributed by atoms with Crippen molar-refractivity contribution in [3.63, 3.8) is 0 Å². The number of hydrogen-bond donors (Lipinski definition) is 1. The van der Waals surface area contributed by atoms with Crippen molar-refractivity contribution < 1.29 is 0 Å². The van der Waals surface area contributed by atoms with Crippen molar-refractivity contribution >= 4 is 0 Å². The van der Waals surface area contributed by atoms with Crippen LogP contribution in [0, 0.1) is 5.92 Å². The molecule has 2 N–H and O–H groups in total. The molecule has 2 aromatic rings. The Labute approximate surface area is 128 Å². The monoisotopic (exact) mass is 279 g/mol. The zero-order chi connectivity index (χ0) is 14.5. The van der Waals surface area contributed by atoms with Gasteiger partial charge in [-0.25, -0.2) is 0 Å². The highest BCUT2D eigenvalue weighted by atomic mass is 14.7. The summed E-state index contributed by atoms with van der Waals surface area (Å²) >= 11 is 0. The van der Waals surface area contributed by atoms with Crippen LogP contribution in [0.4, 0.5) is 0 Å². The highest BCUT2D eigenvalue weighted by Gasteiger charge is 2.26. The number of nitrogens with two attached hydrogens (primary N) is 1. The Morgan fingerprint density at radius 1 is 0.810 bits per heavy atom. The lowest BCUT2D eigenvalue weighted by molar-refractivity contribution is 0.419. The van der Waals surface area contributed by atoms with Gasteiger partial charge in [-0.05, 0) is 23.5 Å². The van der Waals surface area contributed by atoms with Gasteiger partial charge in [0.05, 0.1) is 0 Å². The van der Waals surface area contributed by atoms with Gasteiger partial charge < -0.3 is 5.73 Å². The lowest BCUT2D eigenvalue weighted by Gasteiger charge is -2.27. The second-order valence-corrected chi connectivity index (χ2v) is 6.35. The minimum absolute atomic E-state index is 0.206. The first kappa shape index (κ1) is 14.3. The van der Waals surface area contributed by atoms with Gasteiger partial charge in [-0.1, -0.05) is 86.3 Å². The van der Waals surface area contributed by atoms with E-state index in [1.54, 1.807) is 0 Å². The van der Waals surface area contributed by atoms with Gasteiger partial charge in [0.25, 0.3) is 0 Å². The lowest BCUT2D eigenvalue weighted by Crippen LogP contribution is -2.31. The summed E-state index contributed by atoms with van der Waals surface area (Å²) in [5.41, 5.74) is 9.35. The van der Waals surface area contributed by atoms with Crippen molar-refractivity contribution in [1.29, 1.82) is 0 Å². The maximum atomic E-state index is 6.66. The standard InChI is InChI=1S/C20H25N/c21-19(15-16-9-7-8-10-16)20(17-11-3-1-4-12-17)18-13-5-2-6-14-18/h1-6,11-14,16,19-20H,7-10,15,21H2. The van der Waals surface area contributed by atoms with E-state index in [4.69, 9.17) is 5.73 Å². The van der Waals surface area contributed by atoms with Crippen molar-refractivity contribution in [2.24, 2.45) is 11.7 Å². The van der Waals surface area contributed by atoms with Gasteiger partial charge in [-0.15, -0.1) is 0 Å². The molecule has 1 atom stereocenters.